The molecule has 1 fully saturated rings. The summed E-state index contributed by atoms with van der Waals surface area (Å²) in [5, 5.41) is 15.2. The molecule has 7 nitrogen and oxygen atoms in total. The molecule has 10 heteroatoms. The lowest BCUT2D eigenvalue weighted by atomic mass is 9.96. The number of hydrogen-bond donors (Lipinski definition) is 2. The first kappa shape index (κ1) is 22.0. The van der Waals surface area contributed by atoms with Crippen molar-refractivity contribution in [1.82, 2.24) is 10.2 Å². The van der Waals surface area contributed by atoms with Gasteiger partial charge in [-0.3, -0.25) is 9.59 Å². The minimum Gasteiger partial charge on any atom is -0.455 e. The lowest BCUT2D eigenvalue weighted by Gasteiger charge is -2.21. The average molecular weight is 499 g/mol. The predicted molar refractivity (Wildman–Crippen MR) is 120 cm³/mol. The van der Waals surface area contributed by atoms with Gasteiger partial charge in [0, 0.05) is 16.2 Å². The largest absolute Gasteiger partial charge is 0.455 e. The zero-order valence-electron chi connectivity index (χ0n) is 16.1. The van der Waals surface area contributed by atoms with Crippen LogP contribution in [-0.2, 0) is 14.3 Å². The van der Waals surface area contributed by atoms with Gasteiger partial charge in [-0.15, -0.1) is 10.2 Å². The van der Waals surface area contributed by atoms with Gasteiger partial charge in [0.1, 0.15) is 0 Å². The summed E-state index contributed by atoms with van der Waals surface area (Å²) < 4.78 is 6.71. The SMILES string of the molecule is Cc1cc(NC(=O)COC(=O)CSc2nnc(NC3CCCCC3)s2)ccc1Br. The number of aromatic nitrogens is 2. The number of nitrogens with zero attached hydrogens (tertiary/aromatic N) is 2. The first-order valence-corrected chi connectivity index (χ1v) is 12.0. The molecule has 1 heterocycles. The van der Waals surface area contributed by atoms with E-state index >= 15 is 0 Å². The molecule has 0 aliphatic heterocycles. The molecule has 0 unspecified atom stereocenters. The highest BCUT2D eigenvalue weighted by atomic mass is 79.9. The number of halogens is 1. The molecular formula is C19H23BrN4O3S2. The van der Waals surface area contributed by atoms with E-state index in [1.807, 2.05) is 19.1 Å². The second-order valence-corrected chi connectivity index (χ2v) is 9.87. The Labute approximate surface area is 186 Å². The molecule has 156 valence electrons. The van der Waals surface area contributed by atoms with Crippen LogP contribution in [0.2, 0.25) is 0 Å². The van der Waals surface area contributed by atoms with Crippen LogP contribution in [0.5, 0.6) is 0 Å². The fourth-order valence-electron chi connectivity index (χ4n) is 2.98. The van der Waals surface area contributed by atoms with Crippen molar-refractivity contribution < 1.29 is 14.3 Å². The van der Waals surface area contributed by atoms with Crippen molar-refractivity contribution in [2.24, 2.45) is 0 Å². The monoisotopic (exact) mass is 498 g/mol. The van der Waals surface area contributed by atoms with Gasteiger partial charge in [-0.05, 0) is 43.5 Å². The zero-order valence-corrected chi connectivity index (χ0v) is 19.3. The minimum atomic E-state index is -0.464. The van der Waals surface area contributed by atoms with Crippen molar-refractivity contribution in [3.63, 3.8) is 0 Å². The number of rotatable bonds is 8. The molecule has 1 amide bonds. The summed E-state index contributed by atoms with van der Waals surface area (Å²) >= 11 is 6.11. The van der Waals surface area contributed by atoms with Crippen molar-refractivity contribution in [1.29, 1.82) is 0 Å². The summed E-state index contributed by atoms with van der Waals surface area (Å²) in [6.07, 6.45) is 6.13. The summed E-state index contributed by atoms with van der Waals surface area (Å²) in [4.78, 5) is 23.9. The Morgan fingerprint density at radius 3 is 2.83 bits per heavy atom. The van der Waals surface area contributed by atoms with Crippen LogP contribution in [-0.4, -0.2) is 40.5 Å². The number of esters is 1. The molecule has 1 aromatic carbocycles. The van der Waals surface area contributed by atoms with Gasteiger partial charge in [0.05, 0.1) is 5.75 Å². The molecule has 3 rings (SSSR count). The number of thioether (sulfide) groups is 1. The highest BCUT2D eigenvalue weighted by Crippen LogP contribution is 2.28. The number of benzene rings is 1. The molecule has 1 aliphatic carbocycles. The Morgan fingerprint density at radius 2 is 2.07 bits per heavy atom. The van der Waals surface area contributed by atoms with Crippen LogP contribution in [0.25, 0.3) is 0 Å². The maximum Gasteiger partial charge on any atom is 0.316 e. The third-order valence-corrected chi connectivity index (χ3v) is 7.31. The van der Waals surface area contributed by atoms with E-state index in [0.29, 0.717) is 16.1 Å². The van der Waals surface area contributed by atoms with Gasteiger partial charge in [-0.2, -0.15) is 0 Å². The summed E-state index contributed by atoms with van der Waals surface area (Å²) in [6.45, 7) is 1.61. The number of amides is 1. The molecule has 29 heavy (non-hydrogen) atoms. The number of anilines is 2. The van der Waals surface area contributed by atoms with Crippen molar-refractivity contribution in [3.05, 3.63) is 28.2 Å². The number of hydrogen-bond acceptors (Lipinski definition) is 8. The predicted octanol–water partition coefficient (Wildman–Crippen LogP) is 4.63. The molecule has 0 atom stereocenters. The third kappa shape index (κ3) is 7.27. The smallest absolute Gasteiger partial charge is 0.316 e. The van der Waals surface area contributed by atoms with Crippen LogP contribution in [0, 0.1) is 6.92 Å². The van der Waals surface area contributed by atoms with Crippen molar-refractivity contribution in [2.45, 2.75) is 49.4 Å². The van der Waals surface area contributed by atoms with Crippen LogP contribution in [0.4, 0.5) is 10.8 Å². The Morgan fingerprint density at radius 1 is 1.28 bits per heavy atom. The maximum atomic E-state index is 11.9. The first-order chi connectivity index (χ1) is 14.0. The van der Waals surface area contributed by atoms with Gasteiger partial charge in [0.2, 0.25) is 5.13 Å². The zero-order chi connectivity index (χ0) is 20.6. The van der Waals surface area contributed by atoms with Crippen molar-refractivity contribution >= 4 is 61.7 Å². The Balaban J connectivity index is 1.36. The van der Waals surface area contributed by atoms with Crippen LogP contribution in [0.15, 0.2) is 27.0 Å². The van der Waals surface area contributed by atoms with Crippen molar-refractivity contribution in [3.8, 4) is 0 Å². The first-order valence-electron chi connectivity index (χ1n) is 9.44. The van der Waals surface area contributed by atoms with Crippen LogP contribution in [0.3, 0.4) is 0 Å². The van der Waals surface area contributed by atoms with Gasteiger partial charge < -0.3 is 15.4 Å². The van der Waals surface area contributed by atoms with E-state index < -0.39 is 5.97 Å². The third-order valence-electron chi connectivity index (χ3n) is 4.46. The average Bonchev–Trinajstić information content (AvgIpc) is 3.16. The van der Waals surface area contributed by atoms with Gasteiger partial charge >= 0.3 is 5.97 Å². The summed E-state index contributed by atoms with van der Waals surface area (Å²) in [5.41, 5.74) is 1.67. The lowest BCUT2D eigenvalue weighted by molar-refractivity contribution is -0.144. The number of nitrogens with one attached hydrogen (secondary N) is 2. The molecule has 2 N–H and O–H groups in total. The van der Waals surface area contributed by atoms with E-state index in [-0.39, 0.29) is 18.3 Å². The maximum absolute atomic E-state index is 11.9. The normalized spacial score (nSPS) is 14.4. The van der Waals surface area contributed by atoms with E-state index in [0.717, 1.165) is 28.0 Å². The fraction of sp³-hybridized carbons (Fsp3) is 0.474. The summed E-state index contributed by atoms with van der Waals surface area (Å²) in [7, 11) is 0. The molecular weight excluding hydrogens is 476 g/mol. The van der Waals surface area contributed by atoms with E-state index in [2.05, 4.69) is 36.8 Å². The van der Waals surface area contributed by atoms with Gasteiger partial charge in [-0.25, -0.2) is 0 Å². The van der Waals surface area contributed by atoms with Crippen LogP contribution < -0.4 is 10.6 Å². The lowest BCUT2D eigenvalue weighted by Crippen LogP contribution is -2.21. The van der Waals surface area contributed by atoms with Gasteiger partial charge in [-0.1, -0.05) is 58.3 Å². The second kappa shape index (κ2) is 10.9. The molecule has 1 saturated carbocycles. The molecule has 0 radical (unpaired) electrons. The van der Waals surface area contributed by atoms with Gasteiger partial charge in [0.25, 0.3) is 5.91 Å². The second-order valence-electron chi connectivity index (χ2n) is 6.81. The van der Waals surface area contributed by atoms with Gasteiger partial charge in [0.15, 0.2) is 10.9 Å². The van der Waals surface area contributed by atoms with Crippen LogP contribution in [0.1, 0.15) is 37.7 Å². The number of carbonyl (C=O) groups excluding carboxylic acids is 2. The topological polar surface area (TPSA) is 93.2 Å². The Bertz CT molecular complexity index is 856. The van der Waals surface area contributed by atoms with E-state index in [1.54, 1.807) is 6.07 Å². The summed E-state index contributed by atoms with van der Waals surface area (Å²) in [6, 6.07) is 5.94. The number of ether oxygens (including phenoxy) is 1. The molecule has 1 aliphatic rings. The Hall–Kier alpha value is -1.65. The highest BCUT2D eigenvalue weighted by Gasteiger charge is 2.16. The highest BCUT2D eigenvalue weighted by molar-refractivity contribution is 9.10. The molecule has 0 bridgehead atoms. The standard InChI is InChI=1S/C19H23BrN4O3S2/c1-12-9-14(7-8-15(12)20)21-16(25)10-27-17(26)11-28-19-24-23-18(29-19)22-13-5-3-2-4-6-13/h7-9,13H,2-6,10-11H2,1H3,(H,21,25)(H,22,23). The molecule has 1 aromatic heterocycles. The fourth-order valence-corrected chi connectivity index (χ4v) is 4.85. The molecule has 2 aromatic rings. The minimum absolute atomic E-state index is 0.0860. The van der Waals surface area contributed by atoms with E-state index in [1.165, 1.54) is 42.4 Å². The Kier molecular flexibility index (Phi) is 8.31. The molecule has 0 spiro atoms. The number of carbonyl (C=O) groups is 2. The quantitative estimate of drug-likeness (QED) is 0.404. The van der Waals surface area contributed by atoms with E-state index in [4.69, 9.17) is 4.74 Å². The van der Waals surface area contributed by atoms with E-state index in [9.17, 15) is 9.59 Å². The summed E-state index contributed by atoms with van der Waals surface area (Å²) in [5.74, 6) is -0.753. The van der Waals surface area contributed by atoms with Crippen molar-refractivity contribution in [2.75, 3.05) is 23.0 Å². The number of aryl methyl sites for hydroxylation is 1. The molecule has 0 saturated heterocycles. The van der Waals surface area contributed by atoms with Crippen LogP contribution >= 0.6 is 39.0 Å².